The Hall–Kier alpha value is -2.48. The van der Waals surface area contributed by atoms with Gasteiger partial charge in [0.2, 0.25) is 11.4 Å². The average Bonchev–Trinajstić information content (AvgIpc) is 3.46. The summed E-state index contributed by atoms with van der Waals surface area (Å²) >= 11 is 0. The molecule has 0 radical (unpaired) electrons. The molecule has 2 aromatic carbocycles. The van der Waals surface area contributed by atoms with Crippen LogP contribution >= 0.6 is 0 Å². The third-order valence-electron chi connectivity index (χ3n) is 12.4. The summed E-state index contributed by atoms with van der Waals surface area (Å²) in [6.45, 7) is 13.7. The van der Waals surface area contributed by atoms with E-state index >= 15 is 0 Å². The lowest BCUT2D eigenvalue weighted by Gasteiger charge is -2.13. The average molecular weight is 765 g/mol. The van der Waals surface area contributed by atoms with E-state index in [1.54, 1.807) is 4.70 Å². The van der Waals surface area contributed by atoms with Gasteiger partial charge in [-0.15, -0.1) is 0 Å². The summed E-state index contributed by atoms with van der Waals surface area (Å²) in [5.74, 6) is 0. The highest BCUT2D eigenvalue weighted by atomic mass is 15.2. The van der Waals surface area contributed by atoms with Crippen molar-refractivity contribution >= 4 is 11.4 Å². The van der Waals surface area contributed by atoms with Crippen LogP contribution in [0.5, 0.6) is 0 Å². The molecule has 0 saturated carbocycles. The first-order chi connectivity index (χ1) is 27.4. The lowest BCUT2D eigenvalue weighted by molar-refractivity contribution is -0.345. The number of aryl methyl sites for hydroxylation is 4. The fraction of sp³-hybridized carbons (Fsp3) is 0.704. The second-order valence-corrected chi connectivity index (χ2v) is 17.9. The smallest absolute Gasteiger partial charge is 0.211 e. The Morgan fingerprint density at radius 1 is 0.339 bits per heavy atom. The molecule has 3 rings (SSSR count). The van der Waals surface area contributed by atoms with Gasteiger partial charge in [-0.3, -0.25) is 0 Å². The summed E-state index contributed by atoms with van der Waals surface area (Å²) in [4.78, 5) is 0. The molecule has 1 heterocycles. The summed E-state index contributed by atoms with van der Waals surface area (Å²) in [5.41, 5.74) is 25.3. The van der Waals surface area contributed by atoms with Crippen LogP contribution in [0, 0.1) is 13.8 Å². The minimum atomic E-state index is 1.05. The van der Waals surface area contributed by atoms with E-state index in [0.29, 0.717) is 0 Å². The molecule has 2 heteroatoms. The fourth-order valence-electron chi connectivity index (χ4n) is 9.16. The van der Waals surface area contributed by atoms with Gasteiger partial charge >= 0.3 is 0 Å². The SMILES string of the molecule is CCCCCCCCCCCCCCCCCCC1=C(c2cc(C)cc(CCCCC)c2)[N+](=[N-])C(c2cc(C)cc(CCCCC)c2)=C1CCCCCCCC. The number of unbranched alkanes of at least 4 members (excludes halogenated alkanes) is 24. The van der Waals surface area contributed by atoms with Crippen molar-refractivity contribution in [2.45, 2.75) is 247 Å². The molecule has 0 amide bonds. The first-order valence-electron chi connectivity index (χ1n) is 24.6. The minimum absolute atomic E-state index is 1.05. The first kappa shape index (κ1) is 47.9. The van der Waals surface area contributed by atoms with Crippen LogP contribution in [0.4, 0.5) is 0 Å². The Kier molecular flexibility index (Phi) is 25.4. The number of hydrogen-bond acceptors (Lipinski definition) is 0. The van der Waals surface area contributed by atoms with Gasteiger partial charge in [0, 0.05) is 22.3 Å². The minimum Gasteiger partial charge on any atom is -0.493 e. The second-order valence-electron chi connectivity index (χ2n) is 17.9. The molecule has 0 spiro atoms. The molecule has 1 aliphatic heterocycles. The highest BCUT2D eigenvalue weighted by Crippen LogP contribution is 2.45. The zero-order valence-corrected chi connectivity index (χ0v) is 38.0. The number of nitrogens with zero attached hydrogens (tertiary/aromatic N) is 2. The molecule has 2 nitrogen and oxygen atoms in total. The van der Waals surface area contributed by atoms with Gasteiger partial charge in [-0.2, -0.15) is 0 Å². The lowest BCUT2D eigenvalue weighted by Crippen LogP contribution is -2.04. The number of benzene rings is 2. The van der Waals surface area contributed by atoms with E-state index < -0.39 is 0 Å². The van der Waals surface area contributed by atoms with E-state index in [-0.39, 0.29) is 0 Å². The van der Waals surface area contributed by atoms with Gasteiger partial charge in [0.25, 0.3) is 0 Å². The first-order valence-corrected chi connectivity index (χ1v) is 24.6. The summed E-state index contributed by atoms with van der Waals surface area (Å²) in [6, 6.07) is 14.2. The Balaban J connectivity index is 1.78. The normalized spacial score (nSPS) is 13.2. The molecule has 0 fully saturated rings. The molecule has 0 aliphatic carbocycles. The van der Waals surface area contributed by atoms with Crippen LogP contribution in [-0.2, 0) is 12.8 Å². The van der Waals surface area contributed by atoms with Crippen LogP contribution in [0.25, 0.3) is 16.9 Å². The summed E-state index contributed by atoms with van der Waals surface area (Å²) in [7, 11) is 0. The maximum Gasteiger partial charge on any atom is 0.211 e. The van der Waals surface area contributed by atoms with E-state index in [0.717, 1.165) is 37.1 Å². The van der Waals surface area contributed by atoms with Crippen molar-refractivity contribution in [2.75, 3.05) is 0 Å². The maximum absolute atomic E-state index is 12.5. The van der Waals surface area contributed by atoms with Crippen LogP contribution in [0.2, 0.25) is 0 Å². The molecule has 0 saturated heterocycles. The topological polar surface area (TPSA) is 25.3 Å². The molecule has 314 valence electrons. The van der Waals surface area contributed by atoms with Crippen LogP contribution in [0.1, 0.15) is 254 Å². The number of allylic oxidation sites excluding steroid dienone is 2. The van der Waals surface area contributed by atoms with Gasteiger partial charge in [-0.05, 0) is 101 Å². The molecule has 0 N–H and O–H groups in total. The molecule has 1 aliphatic rings. The predicted octanol–water partition coefficient (Wildman–Crippen LogP) is 18.3. The third-order valence-corrected chi connectivity index (χ3v) is 12.4. The van der Waals surface area contributed by atoms with Gasteiger partial charge in [-0.25, -0.2) is 4.70 Å². The van der Waals surface area contributed by atoms with Crippen molar-refractivity contribution < 1.29 is 4.70 Å². The maximum atomic E-state index is 12.5. The molecule has 0 bridgehead atoms. The van der Waals surface area contributed by atoms with Crippen molar-refractivity contribution in [3.63, 3.8) is 0 Å². The van der Waals surface area contributed by atoms with Gasteiger partial charge in [0.05, 0.1) is 0 Å². The highest BCUT2D eigenvalue weighted by molar-refractivity contribution is 5.82. The largest absolute Gasteiger partial charge is 0.493 e. The Morgan fingerprint density at radius 3 is 0.929 bits per heavy atom. The van der Waals surface area contributed by atoms with E-state index in [9.17, 15) is 5.53 Å². The Labute approximate surface area is 348 Å². The Bertz CT molecular complexity index is 1440. The van der Waals surface area contributed by atoms with E-state index in [4.69, 9.17) is 0 Å². The molecule has 0 atom stereocenters. The number of rotatable bonds is 34. The van der Waals surface area contributed by atoms with Crippen molar-refractivity contribution in [3.8, 4) is 0 Å². The van der Waals surface area contributed by atoms with E-state index in [1.807, 2.05) is 0 Å². The zero-order chi connectivity index (χ0) is 40.2. The van der Waals surface area contributed by atoms with Gasteiger partial charge in [-0.1, -0.05) is 205 Å². The monoisotopic (exact) mass is 765 g/mol. The summed E-state index contributed by atoms with van der Waals surface area (Å²) in [5, 5.41) is 0. The van der Waals surface area contributed by atoms with Crippen molar-refractivity contribution in [3.05, 3.63) is 86.5 Å². The molecular formula is C54H88N2. The Morgan fingerprint density at radius 2 is 0.607 bits per heavy atom. The predicted molar refractivity (Wildman–Crippen MR) is 248 cm³/mol. The van der Waals surface area contributed by atoms with Gasteiger partial charge in [0.1, 0.15) is 0 Å². The molecule has 56 heavy (non-hydrogen) atoms. The van der Waals surface area contributed by atoms with Gasteiger partial charge in [0.15, 0.2) is 0 Å². The van der Waals surface area contributed by atoms with Crippen LogP contribution in [0.3, 0.4) is 0 Å². The summed E-state index contributed by atoms with van der Waals surface area (Å²) in [6.07, 6.45) is 41.8. The molecular weight excluding hydrogens is 677 g/mol. The van der Waals surface area contributed by atoms with Crippen LogP contribution in [0.15, 0.2) is 47.5 Å². The molecule has 0 unspecified atom stereocenters. The van der Waals surface area contributed by atoms with Crippen LogP contribution in [-0.4, -0.2) is 4.70 Å². The van der Waals surface area contributed by atoms with E-state index in [1.165, 1.54) is 224 Å². The highest BCUT2D eigenvalue weighted by Gasteiger charge is 2.35. The zero-order valence-electron chi connectivity index (χ0n) is 38.0. The third kappa shape index (κ3) is 18.0. The van der Waals surface area contributed by atoms with Crippen molar-refractivity contribution in [1.29, 1.82) is 0 Å². The lowest BCUT2D eigenvalue weighted by atomic mass is 9.90. The van der Waals surface area contributed by atoms with E-state index in [2.05, 4.69) is 77.9 Å². The standard InChI is InChI=1S/C54H88N2/c1-7-11-15-17-19-20-21-22-23-24-25-26-27-28-30-34-38-52-51(37-33-29-18-16-12-8-2)53(49-41-45(5)39-47(43-49)35-31-13-9-3)56(55)54(52)50-42-46(6)40-48(44-50)36-32-14-10-4/h39-44H,7-38H2,1-6H3. The van der Waals surface area contributed by atoms with Gasteiger partial charge < -0.3 is 5.53 Å². The fourth-order valence-corrected chi connectivity index (χ4v) is 9.16. The quantitative estimate of drug-likeness (QED) is 0.0501. The number of hydrogen-bond donors (Lipinski definition) is 0. The molecule has 0 aromatic heterocycles. The van der Waals surface area contributed by atoms with Crippen LogP contribution < -0.4 is 0 Å². The summed E-state index contributed by atoms with van der Waals surface area (Å²) < 4.78 is 1.66. The van der Waals surface area contributed by atoms with Crippen molar-refractivity contribution in [1.82, 2.24) is 0 Å². The van der Waals surface area contributed by atoms with Crippen molar-refractivity contribution in [2.24, 2.45) is 0 Å². The second kappa shape index (κ2) is 29.7. The molecule has 2 aromatic rings.